The van der Waals surface area contributed by atoms with Gasteiger partial charge in [0.1, 0.15) is 11.5 Å². The van der Waals surface area contributed by atoms with Gasteiger partial charge in [-0.15, -0.1) is 0 Å². The van der Waals surface area contributed by atoms with Gasteiger partial charge in [0.05, 0.1) is 37.4 Å². The largest absolute Gasteiger partial charge is 0.497 e. The topological polar surface area (TPSA) is 84.9 Å². The number of hydrogen-bond donors (Lipinski definition) is 1. The molecule has 1 aliphatic carbocycles. The number of imide groups is 1. The van der Waals surface area contributed by atoms with Gasteiger partial charge in [0.15, 0.2) is 0 Å². The van der Waals surface area contributed by atoms with Gasteiger partial charge in [0, 0.05) is 11.6 Å². The number of carbonyl (C=O) groups excluding carboxylic acids is 3. The normalized spacial score (nSPS) is 20.1. The molecule has 7 heteroatoms. The Morgan fingerprint density at radius 1 is 0.933 bits per heavy atom. The Morgan fingerprint density at radius 3 is 2.13 bits per heavy atom. The van der Waals surface area contributed by atoms with E-state index in [1.165, 1.54) is 12.0 Å². The summed E-state index contributed by atoms with van der Waals surface area (Å²) in [5, 5.41) is 2.80. The van der Waals surface area contributed by atoms with Crippen LogP contribution >= 0.6 is 0 Å². The van der Waals surface area contributed by atoms with Crippen molar-refractivity contribution < 1.29 is 23.9 Å². The van der Waals surface area contributed by atoms with Crippen molar-refractivity contribution in [2.75, 3.05) is 24.4 Å². The monoisotopic (exact) mass is 406 g/mol. The summed E-state index contributed by atoms with van der Waals surface area (Å²) in [4.78, 5) is 39.3. The summed E-state index contributed by atoms with van der Waals surface area (Å²) in [7, 11) is 3.06. The second kappa shape index (κ2) is 8.02. The van der Waals surface area contributed by atoms with E-state index in [2.05, 4.69) is 5.32 Å². The van der Waals surface area contributed by atoms with E-state index in [0.29, 0.717) is 41.3 Å². The van der Waals surface area contributed by atoms with Gasteiger partial charge in [-0.25, -0.2) is 0 Å². The first kappa shape index (κ1) is 19.7. The van der Waals surface area contributed by atoms with E-state index in [0.717, 1.165) is 0 Å². The van der Waals surface area contributed by atoms with Crippen LogP contribution in [-0.2, 0) is 9.59 Å². The van der Waals surface area contributed by atoms with E-state index in [1.54, 1.807) is 49.6 Å². The van der Waals surface area contributed by atoms with Crippen molar-refractivity contribution in [2.24, 2.45) is 11.8 Å². The molecule has 30 heavy (non-hydrogen) atoms. The van der Waals surface area contributed by atoms with Gasteiger partial charge < -0.3 is 14.8 Å². The van der Waals surface area contributed by atoms with Crippen molar-refractivity contribution in [2.45, 2.75) is 12.8 Å². The molecule has 2 aromatic rings. The molecule has 1 heterocycles. The highest BCUT2D eigenvalue weighted by molar-refractivity contribution is 6.22. The number of methoxy groups -OCH3 is 2. The Labute approximate surface area is 174 Å². The zero-order valence-corrected chi connectivity index (χ0v) is 16.8. The molecule has 1 fully saturated rings. The van der Waals surface area contributed by atoms with Crippen LogP contribution in [0.2, 0.25) is 0 Å². The number of amides is 3. The number of anilines is 2. The number of nitrogens with one attached hydrogen (secondary N) is 1. The van der Waals surface area contributed by atoms with Gasteiger partial charge in [0.25, 0.3) is 5.91 Å². The van der Waals surface area contributed by atoms with E-state index >= 15 is 0 Å². The minimum absolute atomic E-state index is 0.172. The third-order valence-electron chi connectivity index (χ3n) is 5.55. The molecule has 1 aliphatic heterocycles. The van der Waals surface area contributed by atoms with Crippen LogP contribution in [0, 0.1) is 11.8 Å². The molecule has 0 bridgehead atoms. The molecular formula is C23H22N2O5. The fourth-order valence-electron chi connectivity index (χ4n) is 3.91. The maximum absolute atomic E-state index is 12.7. The zero-order valence-electron chi connectivity index (χ0n) is 16.8. The van der Waals surface area contributed by atoms with E-state index in [9.17, 15) is 14.4 Å². The maximum atomic E-state index is 12.7. The third-order valence-corrected chi connectivity index (χ3v) is 5.55. The van der Waals surface area contributed by atoms with Crippen molar-refractivity contribution in [3.63, 3.8) is 0 Å². The number of ether oxygens (including phenoxy) is 2. The van der Waals surface area contributed by atoms with Gasteiger partial charge in [0.2, 0.25) is 11.8 Å². The fourth-order valence-corrected chi connectivity index (χ4v) is 3.91. The molecule has 2 unspecified atom stereocenters. The van der Waals surface area contributed by atoms with Crippen LogP contribution in [0.25, 0.3) is 0 Å². The van der Waals surface area contributed by atoms with Gasteiger partial charge >= 0.3 is 0 Å². The first-order valence-corrected chi connectivity index (χ1v) is 9.69. The molecule has 2 atom stereocenters. The van der Waals surface area contributed by atoms with Crippen LogP contribution < -0.4 is 19.7 Å². The molecule has 0 spiro atoms. The lowest BCUT2D eigenvalue weighted by molar-refractivity contribution is -0.122. The summed E-state index contributed by atoms with van der Waals surface area (Å²) in [6, 6.07) is 11.5. The Bertz CT molecular complexity index is 1000. The van der Waals surface area contributed by atoms with Crippen LogP contribution in [-0.4, -0.2) is 31.9 Å². The molecule has 1 saturated heterocycles. The number of allylic oxidation sites excluding steroid dienone is 2. The van der Waals surface area contributed by atoms with Gasteiger partial charge in [-0.05, 0) is 49.2 Å². The molecule has 7 nitrogen and oxygen atoms in total. The standard InChI is InChI=1S/C23H22N2O5/c1-29-16-11-12-19(20(13-16)30-2)24-21(26)14-7-9-15(10-8-14)25-22(27)17-5-3-4-6-18(17)23(25)28/h3-4,7-13,17-18H,5-6H2,1-2H3,(H,24,26). The summed E-state index contributed by atoms with van der Waals surface area (Å²) in [6.45, 7) is 0. The van der Waals surface area contributed by atoms with Crippen LogP contribution in [0.1, 0.15) is 23.2 Å². The molecule has 4 rings (SSSR count). The van der Waals surface area contributed by atoms with Crippen LogP contribution in [0.3, 0.4) is 0 Å². The molecule has 0 aromatic heterocycles. The van der Waals surface area contributed by atoms with Crippen molar-refractivity contribution in [3.8, 4) is 11.5 Å². The third kappa shape index (κ3) is 3.43. The quantitative estimate of drug-likeness (QED) is 0.608. The van der Waals surface area contributed by atoms with E-state index in [-0.39, 0.29) is 29.6 Å². The molecule has 0 radical (unpaired) electrons. The summed E-state index contributed by atoms with van der Waals surface area (Å²) in [6.07, 6.45) is 5.10. The van der Waals surface area contributed by atoms with Crippen LogP contribution in [0.15, 0.2) is 54.6 Å². The van der Waals surface area contributed by atoms with Crippen LogP contribution in [0.5, 0.6) is 11.5 Å². The maximum Gasteiger partial charge on any atom is 0.255 e. The molecule has 154 valence electrons. The number of nitrogens with zero attached hydrogens (tertiary/aromatic N) is 1. The minimum atomic E-state index is -0.332. The number of fused-ring (bicyclic) bond motifs is 1. The molecule has 3 amide bonds. The lowest BCUT2D eigenvalue weighted by Gasteiger charge is -2.15. The van der Waals surface area contributed by atoms with Gasteiger partial charge in [-0.1, -0.05) is 12.2 Å². The Balaban J connectivity index is 1.51. The first-order valence-electron chi connectivity index (χ1n) is 9.69. The second-order valence-electron chi connectivity index (χ2n) is 7.23. The molecule has 2 aromatic carbocycles. The van der Waals surface area contributed by atoms with Crippen molar-refractivity contribution >= 4 is 29.1 Å². The van der Waals surface area contributed by atoms with Gasteiger partial charge in [-0.2, -0.15) is 0 Å². The summed E-state index contributed by atoms with van der Waals surface area (Å²) >= 11 is 0. The first-order chi connectivity index (χ1) is 14.5. The molecule has 1 N–H and O–H groups in total. The summed E-state index contributed by atoms with van der Waals surface area (Å²) < 4.78 is 10.5. The molecular weight excluding hydrogens is 384 g/mol. The lowest BCUT2D eigenvalue weighted by atomic mass is 9.85. The summed E-state index contributed by atoms with van der Waals surface area (Å²) in [5.74, 6) is -0.152. The highest BCUT2D eigenvalue weighted by Crippen LogP contribution is 2.37. The average molecular weight is 406 g/mol. The molecule has 2 aliphatic rings. The van der Waals surface area contributed by atoms with Crippen molar-refractivity contribution in [1.29, 1.82) is 0 Å². The Hall–Kier alpha value is -3.61. The van der Waals surface area contributed by atoms with Crippen molar-refractivity contribution in [3.05, 3.63) is 60.2 Å². The smallest absolute Gasteiger partial charge is 0.255 e. The highest BCUT2D eigenvalue weighted by atomic mass is 16.5. The number of hydrogen-bond acceptors (Lipinski definition) is 5. The summed E-state index contributed by atoms with van der Waals surface area (Å²) in [5.41, 5.74) is 1.39. The Morgan fingerprint density at radius 2 is 1.57 bits per heavy atom. The second-order valence-corrected chi connectivity index (χ2v) is 7.23. The number of rotatable bonds is 5. The zero-order chi connectivity index (χ0) is 21.3. The number of benzene rings is 2. The lowest BCUT2D eigenvalue weighted by Crippen LogP contribution is -2.30. The number of carbonyl (C=O) groups is 3. The molecule has 0 saturated carbocycles. The average Bonchev–Trinajstić information content (AvgIpc) is 3.04. The predicted molar refractivity (Wildman–Crippen MR) is 112 cm³/mol. The van der Waals surface area contributed by atoms with Gasteiger partial charge in [-0.3, -0.25) is 19.3 Å². The fraction of sp³-hybridized carbons (Fsp3) is 0.261. The predicted octanol–water partition coefficient (Wildman–Crippen LogP) is 3.41. The highest BCUT2D eigenvalue weighted by Gasteiger charge is 2.47. The van der Waals surface area contributed by atoms with E-state index in [4.69, 9.17) is 9.47 Å². The van der Waals surface area contributed by atoms with Crippen LogP contribution in [0.4, 0.5) is 11.4 Å². The van der Waals surface area contributed by atoms with E-state index in [1.807, 2.05) is 12.2 Å². The van der Waals surface area contributed by atoms with E-state index < -0.39 is 0 Å². The Kier molecular flexibility index (Phi) is 5.27. The minimum Gasteiger partial charge on any atom is -0.497 e. The SMILES string of the molecule is COc1ccc(NC(=O)c2ccc(N3C(=O)C4CC=CCC4C3=O)cc2)c(OC)c1. The van der Waals surface area contributed by atoms with Crippen molar-refractivity contribution in [1.82, 2.24) is 0 Å².